The van der Waals surface area contributed by atoms with Gasteiger partial charge in [0, 0.05) is 46.0 Å². The van der Waals surface area contributed by atoms with Crippen molar-refractivity contribution in [1.82, 2.24) is 39.2 Å². The lowest BCUT2D eigenvalue weighted by Crippen LogP contribution is -2.39. The maximum absolute atomic E-state index is 9.89. The van der Waals surface area contributed by atoms with Crippen molar-refractivity contribution in [3.05, 3.63) is 0 Å². The van der Waals surface area contributed by atoms with E-state index in [1.165, 1.54) is 41.3 Å². The molecule has 0 saturated carbocycles. The molecule has 0 heterocycles. The highest BCUT2D eigenvalue weighted by atomic mass is 32.2. The zero-order valence-corrected chi connectivity index (χ0v) is 73.7. The highest BCUT2D eigenvalue weighted by Gasteiger charge is 2.15. The van der Waals surface area contributed by atoms with Crippen LogP contribution in [0.2, 0.25) is 0 Å². The molecule has 96 heavy (non-hydrogen) atoms. The van der Waals surface area contributed by atoms with Crippen LogP contribution in [-0.2, 0) is 0 Å². The number of hydrogen-bond acceptors (Lipinski definition) is 16. The van der Waals surface area contributed by atoms with Crippen molar-refractivity contribution in [2.24, 2.45) is 0 Å². The molecule has 0 aliphatic rings. The van der Waals surface area contributed by atoms with Crippen LogP contribution in [0.1, 0.15) is 55.4 Å². The van der Waals surface area contributed by atoms with Crippen LogP contribution in [0.4, 0.5) is 17.3 Å². The van der Waals surface area contributed by atoms with Crippen LogP contribution in [0.3, 0.4) is 0 Å². The Kier molecular flexibility index (Phi) is 104. The van der Waals surface area contributed by atoms with Gasteiger partial charge in [0.25, 0.3) is 0 Å². The summed E-state index contributed by atoms with van der Waals surface area (Å²) in [5, 5.41) is 76.9. The third-order valence-corrected chi connectivity index (χ3v) is 18.5. The van der Waals surface area contributed by atoms with E-state index in [1.54, 1.807) is 0 Å². The minimum atomic E-state index is -3.17. The molecule has 0 spiro atoms. The molecule has 0 atom stereocenters. The molecule has 0 N–H and O–H groups in total. The van der Waals surface area contributed by atoms with E-state index in [0.717, 1.165) is 46.0 Å². The summed E-state index contributed by atoms with van der Waals surface area (Å²) in [5.41, 5.74) is 0. The molecule has 0 saturated heterocycles. The zero-order chi connectivity index (χ0) is 79.5. The van der Waals surface area contributed by atoms with Gasteiger partial charge in [0.15, 0.2) is 0 Å². The van der Waals surface area contributed by atoms with Gasteiger partial charge in [-0.05, 0) is 94.1 Å². The van der Waals surface area contributed by atoms with Crippen molar-refractivity contribution in [2.45, 2.75) is 55.4 Å². The lowest BCUT2D eigenvalue weighted by atomic mass is 10.3. The molecule has 0 bridgehead atoms. The lowest BCUT2D eigenvalue weighted by molar-refractivity contribution is -0.466. The summed E-state index contributed by atoms with van der Waals surface area (Å²) in [6, 6.07) is 0. The third-order valence-electron chi connectivity index (χ3n) is 8.31. The molecular formula is C56H136B4F4N16O8S8. The molecule has 576 valence electrons. The van der Waals surface area contributed by atoms with Crippen LogP contribution in [0.25, 0.3) is 0 Å². The molecule has 0 aromatic carbocycles. The van der Waals surface area contributed by atoms with E-state index in [9.17, 15) is 17.3 Å². The second-order valence-corrected chi connectivity index (χ2v) is 31.0. The third kappa shape index (κ3) is 103. The van der Waals surface area contributed by atoms with Crippen LogP contribution in [0.5, 0.6) is 0 Å². The number of nitrogens with zero attached hydrogens (tertiary/aromatic N) is 16. The largest absolute Gasteiger partial charge is 0.867 e. The van der Waals surface area contributed by atoms with E-state index in [0.29, 0.717) is 0 Å². The second-order valence-electron chi connectivity index (χ2n) is 21.1. The summed E-state index contributed by atoms with van der Waals surface area (Å²) in [7, 11) is 53.5. The van der Waals surface area contributed by atoms with Crippen LogP contribution in [-0.4, -0.2) is 418 Å². The molecule has 0 rings (SSSR count). The molecule has 0 unspecified atom stereocenters. The maximum atomic E-state index is 9.89. The van der Waals surface area contributed by atoms with Crippen LogP contribution in [0.15, 0.2) is 0 Å². The molecule has 0 aromatic heterocycles. The smallest absolute Gasteiger partial charge is 0.307 e. The number of rotatable bonds is 8. The summed E-state index contributed by atoms with van der Waals surface area (Å²) >= 11 is 14.9. The summed E-state index contributed by atoms with van der Waals surface area (Å²) in [4.78, 5) is 17.1. The number of hydrogen-bond donors (Lipinski definition) is 0. The van der Waals surface area contributed by atoms with Gasteiger partial charge in [0.2, 0.25) is 0 Å². The predicted octanol–water partition coefficient (Wildman–Crippen LogP) is -1.92. The molecule has 0 aromatic rings. The van der Waals surface area contributed by atoms with Crippen molar-refractivity contribution >= 4 is 165 Å². The van der Waals surface area contributed by atoms with E-state index in [4.69, 9.17) is 40.2 Å². The van der Waals surface area contributed by atoms with Crippen molar-refractivity contribution < 1.29 is 94.1 Å². The average Bonchev–Trinajstić information content (AvgIpc) is 3.06. The molecule has 0 fully saturated rings. The van der Waals surface area contributed by atoms with Crippen molar-refractivity contribution in [3.63, 3.8) is 0 Å². The standard InChI is InChI=1S/8C7H17N2S.4BFO2/c8*1-6-10-7(8(2)3)9(4)5;4*2-1(3)4/h8*6H2,1-5H3;;;;/q8*+1;4*-2. The highest BCUT2D eigenvalue weighted by molar-refractivity contribution is 8.15. The molecule has 0 aliphatic carbocycles. The van der Waals surface area contributed by atoms with Gasteiger partial charge in [0.1, 0.15) is 29.6 Å². The van der Waals surface area contributed by atoms with Gasteiger partial charge in [0.05, 0.1) is 226 Å². The quantitative estimate of drug-likeness (QED) is 0.0847. The van der Waals surface area contributed by atoms with Crippen molar-refractivity contribution in [1.29, 1.82) is 0 Å². The zero-order valence-electron chi connectivity index (χ0n) is 67.2. The topological polar surface area (TPSA) is 234 Å². The van der Waals surface area contributed by atoms with Gasteiger partial charge >= 0.3 is 41.3 Å². The Morgan fingerprint density at radius 2 is 0.260 bits per heavy atom. The summed E-state index contributed by atoms with van der Waals surface area (Å²) in [6.07, 6.45) is 0. The van der Waals surface area contributed by atoms with E-state index < -0.39 is 29.6 Å². The normalized spacial score (nSPS) is 8.88. The van der Waals surface area contributed by atoms with E-state index in [1.807, 2.05) is 94.1 Å². The molecular weight excluding hydrogens is 1400 g/mol. The number of amidine groups is 8. The highest BCUT2D eigenvalue weighted by Crippen LogP contribution is 2.08. The fraction of sp³-hybridized carbons (Fsp3) is 0.857. The van der Waals surface area contributed by atoms with Gasteiger partial charge in [-0.1, -0.05) is 55.4 Å². The molecule has 0 aliphatic heterocycles. The summed E-state index contributed by atoms with van der Waals surface area (Å²) in [5.74, 6) is 9.05. The first kappa shape index (κ1) is 121. The Balaban J connectivity index is -0.0000000813. The first-order chi connectivity index (χ1) is 43.7. The first-order valence-electron chi connectivity index (χ1n) is 30.2. The van der Waals surface area contributed by atoms with Crippen LogP contribution < -0.4 is 40.2 Å². The minimum Gasteiger partial charge on any atom is -0.867 e. The van der Waals surface area contributed by atoms with Gasteiger partial charge < -0.3 is 57.5 Å². The fourth-order valence-electron chi connectivity index (χ4n) is 6.30. The predicted molar refractivity (Wildman–Crippen MR) is 419 cm³/mol. The van der Waals surface area contributed by atoms with Crippen molar-refractivity contribution in [3.8, 4) is 0 Å². The fourth-order valence-corrected chi connectivity index (χ4v) is 12.5. The monoisotopic (exact) mass is 1540 g/mol. The van der Waals surface area contributed by atoms with Gasteiger partial charge in [-0.15, -0.1) is 0 Å². The second kappa shape index (κ2) is 82.2. The first-order valence-corrected chi connectivity index (χ1v) is 38.1. The SMILES string of the molecule is CCSC(N(C)C)=[N+](C)C.CCSC(N(C)C)=[N+](C)C.CCSC(N(C)C)=[N+](C)C.CCSC(N(C)C)=[N+](C)C.CCSC(N(C)C)=[N+](C)C.CCSC(N(C)C)=[N+](C)C.CCSC(N(C)C)=[N+](C)C.CCSC(N(C)C)=[N+](C)C.[O-]B([O-])F.[O-]B([O-])F.[O-]B([O-])F.[O-]B([O-])F. The number of halogens is 4. The van der Waals surface area contributed by atoms with Gasteiger partial charge in [-0.2, -0.15) is 0 Å². The Morgan fingerprint density at radius 1 is 0.208 bits per heavy atom. The van der Waals surface area contributed by atoms with Gasteiger partial charge in [-0.3, -0.25) is 75.8 Å². The van der Waals surface area contributed by atoms with Crippen molar-refractivity contribution in [2.75, 3.05) is 272 Å². The van der Waals surface area contributed by atoms with Gasteiger partial charge in [-0.25, -0.2) is 0 Å². The van der Waals surface area contributed by atoms with Crippen LogP contribution in [0, 0.1) is 0 Å². The van der Waals surface area contributed by atoms with E-state index in [-0.39, 0.29) is 0 Å². The Morgan fingerprint density at radius 3 is 0.271 bits per heavy atom. The maximum Gasteiger partial charge on any atom is 0.307 e. The molecule has 24 nitrogen and oxygen atoms in total. The Bertz CT molecular complexity index is 1640. The molecule has 40 heteroatoms. The molecule has 0 amide bonds. The molecule has 0 radical (unpaired) electrons. The van der Waals surface area contributed by atoms with Crippen LogP contribution >= 0.6 is 94.1 Å². The summed E-state index contributed by atoms with van der Waals surface area (Å²) < 4.78 is 56.6. The Hall–Kier alpha value is -1.78. The van der Waals surface area contributed by atoms with E-state index >= 15 is 0 Å². The average molecular weight is 1540 g/mol. The minimum absolute atomic E-state index is 1.13. The Labute approximate surface area is 621 Å². The van der Waals surface area contributed by atoms with E-state index in [2.05, 4.69) is 357 Å². The number of thioether (sulfide) groups is 8. The summed E-state index contributed by atoms with van der Waals surface area (Å²) in [6.45, 7) is 17.3. The lowest BCUT2D eigenvalue weighted by Gasteiger charge is -2.09.